The van der Waals surface area contributed by atoms with Gasteiger partial charge in [0.05, 0.1) is 11.4 Å². The van der Waals surface area contributed by atoms with Gasteiger partial charge in [-0.15, -0.1) is 10.2 Å². The van der Waals surface area contributed by atoms with Crippen LogP contribution in [0.25, 0.3) is 5.65 Å². The fourth-order valence-corrected chi connectivity index (χ4v) is 4.42. The molecule has 0 radical (unpaired) electrons. The number of nitrogens with zero attached hydrogens (tertiary/aromatic N) is 3. The maximum absolute atomic E-state index is 12.2. The van der Waals surface area contributed by atoms with E-state index in [1.54, 1.807) is 22.6 Å². The molecule has 0 amide bonds. The molecule has 100 valence electrons. The monoisotopic (exact) mass is 279 g/mol. The Bertz CT molecular complexity index is 736. The molecular weight excluding hydrogens is 266 g/mol. The van der Waals surface area contributed by atoms with Gasteiger partial charge in [-0.3, -0.25) is 9.20 Å². The van der Waals surface area contributed by atoms with Crippen LogP contribution in [-0.2, 0) is 9.84 Å². The molecule has 1 aliphatic rings. The van der Waals surface area contributed by atoms with Crippen molar-refractivity contribution in [2.75, 3.05) is 5.75 Å². The van der Waals surface area contributed by atoms with Gasteiger partial charge >= 0.3 is 0 Å². The summed E-state index contributed by atoms with van der Waals surface area (Å²) in [4.78, 5) is 11.1. The van der Waals surface area contributed by atoms with Crippen molar-refractivity contribution in [3.8, 4) is 0 Å². The fraction of sp³-hybridized carbons (Fsp3) is 0.417. The highest BCUT2D eigenvalue weighted by Gasteiger charge is 2.34. The lowest BCUT2D eigenvalue weighted by Crippen LogP contribution is -2.24. The second kappa shape index (κ2) is 4.41. The van der Waals surface area contributed by atoms with Crippen LogP contribution >= 0.6 is 0 Å². The van der Waals surface area contributed by atoms with Crippen LogP contribution in [-0.4, -0.2) is 35.1 Å². The van der Waals surface area contributed by atoms with Crippen molar-refractivity contribution in [2.24, 2.45) is 0 Å². The van der Waals surface area contributed by atoms with Gasteiger partial charge in [0.2, 0.25) is 0 Å². The Morgan fingerprint density at radius 2 is 2.11 bits per heavy atom. The zero-order valence-electron chi connectivity index (χ0n) is 10.2. The highest BCUT2D eigenvalue weighted by Crippen LogP contribution is 2.32. The van der Waals surface area contributed by atoms with Gasteiger partial charge in [-0.25, -0.2) is 8.42 Å². The Kier molecular flexibility index (Phi) is 2.85. The summed E-state index contributed by atoms with van der Waals surface area (Å²) in [7, 11) is -3.20. The lowest BCUT2D eigenvalue weighted by Gasteiger charge is -2.20. The zero-order valence-corrected chi connectivity index (χ0v) is 11.0. The summed E-state index contributed by atoms with van der Waals surface area (Å²) in [5.41, 5.74) is 0.874. The molecule has 0 N–H and O–H groups in total. The second-order valence-electron chi connectivity index (χ2n) is 4.67. The number of sulfone groups is 1. The summed E-state index contributed by atoms with van der Waals surface area (Å²) in [6.07, 6.45) is 2.77. The van der Waals surface area contributed by atoms with Crippen molar-refractivity contribution < 1.29 is 13.2 Å². The number of pyridine rings is 1. The van der Waals surface area contributed by atoms with Gasteiger partial charge < -0.3 is 0 Å². The van der Waals surface area contributed by atoms with Gasteiger partial charge in [-0.05, 0) is 25.0 Å². The molecule has 0 aromatic carbocycles. The summed E-state index contributed by atoms with van der Waals surface area (Å²) in [6.45, 7) is 0. The van der Waals surface area contributed by atoms with E-state index >= 15 is 0 Å². The molecular formula is C12H13N3O3S. The molecule has 0 aliphatic carbocycles. The van der Waals surface area contributed by atoms with E-state index in [4.69, 9.17) is 0 Å². The van der Waals surface area contributed by atoms with Gasteiger partial charge in [-0.2, -0.15) is 0 Å². The Hall–Kier alpha value is -1.76. The number of aldehydes is 1. The minimum absolute atomic E-state index is 0.176. The average Bonchev–Trinajstić information content (AvgIpc) is 2.82. The molecule has 19 heavy (non-hydrogen) atoms. The molecule has 2 aromatic rings. The van der Waals surface area contributed by atoms with Crippen LogP contribution in [0.2, 0.25) is 0 Å². The standard InChI is InChI=1S/C12H13N3O3S/c16-8-9-4-3-6-11-13-14-12(15(9)11)10-5-1-2-7-19(10,17)18/h3-4,6,8,10H,1-2,5,7H2. The molecule has 1 unspecified atom stereocenters. The van der Waals surface area contributed by atoms with Crippen LogP contribution in [0.4, 0.5) is 0 Å². The average molecular weight is 279 g/mol. The first-order valence-electron chi connectivity index (χ1n) is 6.14. The Morgan fingerprint density at radius 1 is 1.26 bits per heavy atom. The summed E-state index contributed by atoms with van der Waals surface area (Å²) in [5.74, 6) is 0.535. The summed E-state index contributed by atoms with van der Waals surface area (Å²) in [5, 5.41) is 7.30. The Morgan fingerprint density at radius 3 is 2.84 bits per heavy atom. The third-order valence-electron chi connectivity index (χ3n) is 3.47. The zero-order chi connectivity index (χ0) is 13.5. The van der Waals surface area contributed by atoms with Crippen LogP contribution in [0.1, 0.15) is 40.8 Å². The van der Waals surface area contributed by atoms with Crippen molar-refractivity contribution in [1.82, 2.24) is 14.6 Å². The van der Waals surface area contributed by atoms with E-state index in [0.717, 1.165) is 6.42 Å². The molecule has 0 saturated carbocycles. The number of rotatable bonds is 2. The van der Waals surface area contributed by atoms with Crippen LogP contribution in [0.5, 0.6) is 0 Å². The fourth-order valence-electron chi connectivity index (χ4n) is 2.53. The topological polar surface area (TPSA) is 81.4 Å². The van der Waals surface area contributed by atoms with Crippen LogP contribution < -0.4 is 0 Å². The van der Waals surface area contributed by atoms with E-state index < -0.39 is 15.1 Å². The molecule has 2 aromatic heterocycles. The van der Waals surface area contributed by atoms with E-state index in [9.17, 15) is 13.2 Å². The largest absolute Gasteiger partial charge is 0.296 e. The minimum atomic E-state index is -3.20. The molecule has 1 fully saturated rings. The van der Waals surface area contributed by atoms with E-state index in [0.29, 0.717) is 36.3 Å². The SMILES string of the molecule is O=Cc1cccc2nnc(C3CCCCS3(=O)=O)n12. The number of hydrogen-bond donors (Lipinski definition) is 0. The molecule has 3 rings (SSSR count). The summed E-state index contributed by atoms with van der Waals surface area (Å²) in [6, 6.07) is 5.04. The molecule has 3 heterocycles. The van der Waals surface area contributed by atoms with Crippen LogP contribution in [0, 0.1) is 0 Å². The molecule has 0 spiro atoms. The third kappa shape index (κ3) is 1.94. The normalized spacial score (nSPS) is 22.4. The summed E-state index contributed by atoms with van der Waals surface area (Å²) >= 11 is 0. The molecule has 1 aliphatic heterocycles. The van der Waals surface area contributed by atoms with E-state index in [-0.39, 0.29) is 5.75 Å². The number of carbonyl (C=O) groups excluding carboxylic acids is 1. The molecule has 1 atom stereocenters. The van der Waals surface area contributed by atoms with Crippen molar-refractivity contribution in [3.63, 3.8) is 0 Å². The van der Waals surface area contributed by atoms with Crippen LogP contribution in [0.15, 0.2) is 18.2 Å². The molecule has 0 bridgehead atoms. The lowest BCUT2D eigenvalue weighted by atomic mass is 10.2. The van der Waals surface area contributed by atoms with Gasteiger partial charge in [0.1, 0.15) is 5.25 Å². The smallest absolute Gasteiger partial charge is 0.166 e. The maximum atomic E-state index is 12.2. The molecule has 6 nitrogen and oxygen atoms in total. The summed E-state index contributed by atoms with van der Waals surface area (Å²) < 4.78 is 25.9. The maximum Gasteiger partial charge on any atom is 0.166 e. The van der Waals surface area contributed by atoms with Crippen molar-refractivity contribution in [1.29, 1.82) is 0 Å². The predicted octanol–water partition coefficient (Wildman–Crippen LogP) is 1.18. The van der Waals surface area contributed by atoms with Gasteiger partial charge in [0.15, 0.2) is 27.6 Å². The predicted molar refractivity (Wildman–Crippen MR) is 68.8 cm³/mol. The lowest BCUT2D eigenvalue weighted by molar-refractivity contribution is 0.111. The quantitative estimate of drug-likeness (QED) is 0.771. The van der Waals surface area contributed by atoms with E-state index in [1.807, 2.05) is 0 Å². The van der Waals surface area contributed by atoms with Crippen molar-refractivity contribution in [3.05, 3.63) is 29.7 Å². The van der Waals surface area contributed by atoms with Gasteiger partial charge in [-0.1, -0.05) is 12.5 Å². The van der Waals surface area contributed by atoms with Gasteiger partial charge in [0, 0.05) is 0 Å². The van der Waals surface area contributed by atoms with Crippen molar-refractivity contribution in [2.45, 2.75) is 24.5 Å². The first-order chi connectivity index (χ1) is 9.13. The first-order valence-corrected chi connectivity index (χ1v) is 7.86. The highest BCUT2D eigenvalue weighted by molar-refractivity contribution is 7.91. The van der Waals surface area contributed by atoms with E-state index in [2.05, 4.69) is 10.2 Å². The number of carbonyl (C=O) groups is 1. The number of fused-ring (bicyclic) bond motifs is 1. The molecule has 1 saturated heterocycles. The number of aromatic nitrogens is 3. The second-order valence-corrected chi connectivity index (χ2v) is 6.97. The Labute approximate surface area is 110 Å². The first kappa shape index (κ1) is 12.3. The minimum Gasteiger partial charge on any atom is -0.296 e. The van der Waals surface area contributed by atoms with Crippen LogP contribution in [0.3, 0.4) is 0 Å². The number of hydrogen-bond acceptors (Lipinski definition) is 5. The third-order valence-corrected chi connectivity index (χ3v) is 5.64. The highest BCUT2D eigenvalue weighted by atomic mass is 32.2. The van der Waals surface area contributed by atoms with E-state index in [1.165, 1.54) is 0 Å². The van der Waals surface area contributed by atoms with Gasteiger partial charge in [0.25, 0.3) is 0 Å². The molecule has 7 heteroatoms. The Balaban J connectivity index is 2.23. The van der Waals surface area contributed by atoms with Crippen molar-refractivity contribution >= 4 is 21.8 Å².